The first kappa shape index (κ1) is 53.1. The zero-order valence-corrected chi connectivity index (χ0v) is 37.4. The molecule has 0 saturated carbocycles. The number of aliphatic imine (C=N–C) groups is 1. The van der Waals surface area contributed by atoms with Crippen LogP contribution in [0, 0.1) is 0 Å². The third-order valence-electron chi connectivity index (χ3n) is 9.59. The number of phenols is 1. The highest BCUT2D eigenvalue weighted by Gasteiger charge is 2.23. The van der Waals surface area contributed by atoms with Crippen molar-refractivity contribution in [3.8, 4) is 28.2 Å². The normalized spacial score (nSPS) is 11.2. The summed E-state index contributed by atoms with van der Waals surface area (Å²) in [6.45, 7) is 4.89. The quantitative estimate of drug-likeness (QED) is 0.0192. The lowest BCUT2D eigenvalue weighted by atomic mass is 9.90. The molecule has 18 nitrogen and oxygen atoms in total. The van der Waals surface area contributed by atoms with E-state index in [0.29, 0.717) is 81.6 Å². The van der Waals surface area contributed by atoms with E-state index in [1.165, 1.54) is 49.4 Å². The molecule has 1 aliphatic heterocycles. The molecule has 0 aromatic heterocycles. The Bertz CT molecular complexity index is 2310. The average molecular weight is 920 g/mol. The van der Waals surface area contributed by atoms with E-state index in [1.807, 2.05) is 7.05 Å². The first-order chi connectivity index (χ1) is 31.2. The monoisotopic (exact) mass is 919 g/mol. The minimum absolute atomic E-state index is 0.00352. The molecule has 1 atom stereocenters. The van der Waals surface area contributed by atoms with Crippen molar-refractivity contribution >= 4 is 63.6 Å². The zero-order valence-electron chi connectivity index (χ0n) is 36.6. The fraction of sp³-hybridized carbons (Fsp3) is 0.435. The number of amides is 3. The van der Waals surface area contributed by atoms with Gasteiger partial charge in [-0.2, -0.15) is 0 Å². The minimum atomic E-state index is -1.27. The molecule has 19 heteroatoms. The highest BCUT2D eigenvalue weighted by Crippen LogP contribution is 2.42. The summed E-state index contributed by atoms with van der Waals surface area (Å²) < 4.78 is 21.7. The molecule has 2 aliphatic rings. The number of fused-ring (bicyclic) bond motifs is 2. The van der Waals surface area contributed by atoms with E-state index in [4.69, 9.17) is 24.4 Å². The lowest BCUT2D eigenvalue weighted by molar-refractivity contribution is -0.128. The number of nitrogens with one attached hydrogen (secondary N) is 3. The van der Waals surface area contributed by atoms with Crippen LogP contribution in [0.15, 0.2) is 68.8 Å². The molecule has 1 heterocycles. The van der Waals surface area contributed by atoms with E-state index in [9.17, 15) is 43.8 Å². The SMILES string of the molecule is CC(=O)CCOCCCC(=O)CCOCCN=C=S.CNCCCCC(NC(=O)CCOCCNC(=O)c1ccc(-c2c3ccc(=O)cc-3oc3cc(O)ccc23)c(C(=O)O)c1)C(N)=O. The molecular weight excluding hydrogens is 863 g/mol. The molecule has 7 N–H and O–H groups in total. The van der Waals surface area contributed by atoms with Crippen LogP contribution in [0.25, 0.3) is 33.4 Å². The summed E-state index contributed by atoms with van der Waals surface area (Å²) in [5.74, 6) is -2.36. The number of primary amides is 1. The Balaban J connectivity index is 0.000000498. The van der Waals surface area contributed by atoms with Crippen LogP contribution in [0.3, 0.4) is 0 Å². The first-order valence-electron chi connectivity index (χ1n) is 21.1. The molecule has 3 amide bonds. The van der Waals surface area contributed by atoms with E-state index >= 15 is 0 Å². The van der Waals surface area contributed by atoms with E-state index in [1.54, 1.807) is 12.1 Å². The van der Waals surface area contributed by atoms with Crippen molar-refractivity contribution < 1.29 is 57.6 Å². The fourth-order valence-corrected chi connectivity index (χ4v) is 6.39. The van der Waals surface area contributed by atoms with Crippen molar-refractivity contribution in [3.63, 3.8) is 0 Å². The van der Waals surface area contributed by atoms with Crippen LogP contribution in [-0.4, -0.2) is 123 Å². The second kappa shape index (κ2) is 29.3. The summed E-state index contributed by atoms with van der Waals surface area (Å²) in [5, 5.41) is 31.1. The molecule has 2 aromatic rings. The molecule has 1 aliphatic carbocycles. The number of rotatable bonds is 29. The Morgan fingerprint density at radius 1 is 0.831 bits per heavy atom. The predicted molar refractivity (Wildman–Crippen MR) is 246 cm³/mol. The summed E-state index contributed by atoms with van der Waals surface area (Å²) in [7, 11) is 1.83. The maximum atomic E-state index is 12.9. The Labute approximate surface area is 381 Å². The van der Waals surface area contributed by atoms with Gasteiger partial charge in [0.05, 0.1) is 50.3 Å². The van der Waals surface area contributed by atoms with Gasteiger partial charge in [0.25, 0.3) is 5.91 Å². The summed E-state index contributed by atoms with van der Waals surface area (Å²) >= 11 is 4.41. The van der Waals surface area contributed by atoms with E-state index in [0.717, 1.165) is 19.4 Å². The summed E-state index contributed by atoms with van der Waals surface area (Å²) in [4.78, 5) is 86.9. The Kier molecular flexibility index (Phi) is 23.9. The van der Waals surface area contributed by atoms with E-state index < -0.39 is 23.8 Å². The molecule has 0 fully saturated rings. The van der Waals surface area contributed by atoms with E-state index in [-0.39, 0.29) is 82.9 Å². The molecular formula is C46H57N5O13S. The Morgan fingerprint density at radius 3 is 2.28 bits per heavy atom. The lowest BCUT2D eigenvalue weighted by Gasteiger charge is -2.17. The topological polar surface area (TPSA) is 275 Å². The van der Waals surface area contributed by atoms with E-state index in [2.05, 4.69) is 38.3 Å². The number of carbonyl (C=O) groups is 6. The van der Waals surface area contributed by atoms with Gasteiger partial charge in [-0.15, -0.1) is 0 Å². The van der Waals surface area contributed by atoms with Gasteiger partial charge in [0.15, 0.2) is 5.43 Å². The molecule has 0 saturated heterocycles. The number of ether oxygens (including phenoxy) is 3. The number of carbonyl (C=O) groups excluding carboxylic acids is 5. The number of isothiocyanates is 1. The first-order valence-corrected chi connectivity index (χ1v) is 21.5. The van der Waals surface area contributed by atoms with Gasteiger partial charge >= 0.3 is 5.97 Å². The van der Waals surface area contributed by atoms with Gasteiger partial charge < -0.3 is 50.5 Å². The van der Waals surface area contributed by atoms with Gasteiger partial charge in [-0.3, -0.25) is 28.8 Å². The van der Waals surface area contributed by atoms with Crippen LogP contribution in [0.5, 0.6) is 5.75 Å². The lowest BCUT2D eigenvalue weighted by Crippen LogP contribution is -2.44. The van der Waals surface area contributed by atoms with Crippen LogP contribution < -0.4 is 27.1 Å². The number of ketones is 2. The number of carboxylic acid groups (broad SMARTS) is 1. The average Bonchev–Trinajstić information content (AvgIpc) is 3.27. The van der Waals surface area contributed by atoms with Crippen LogP contribution in [0.4, 0.5) is 0 Å². The molecule has 0 spiro atoms. The van der Waals surface area contributed by atoms with Gasteiger partial charge in [-0.1, -0.05) is 6.07 Å². The second-order valence-electron chi connectivity index (χ2n) is 14.7. The van der Waals surface area contributed by atoms with Crippen molar-refractivity contribution in [1.82, 2.24) is 16.0 Å². The zero-order chi connectivity index (χ0) is 47.6. The Hall–Kier alpha value is -6.21. The molecule has 0 radical (unpaired) electrons. The van der Waals surface area contributed by atoms with Crippen LogP contribution >= 0.6 is 12.2 Å². The number of carboxylic acids is 1. The van der Waals surface area contributed by atoms with Gasteiger partial charge in [-0.05, 0) is 100 Å². The number of thiocarbonyl (C=S) groups is 1. The van der Waals surface area contributed by atoms with Crippen LogP contribution in [0.1, 0.15) is 79.0 Å². The number of benzene rings is 3. The van der Waals surface area contributed by atoms with Crippen molar-refractivity contribution in [2.75, 3.05) is 66.3 Å². The number of hydrogen-bond acceptors (Lipinski definition) is 15. The standard InChI is InChI=1S/C33H36N4O9.C13H21NO4S/c1-35-12-3-2-4-26(31(34)41)37-29(40)11-14-45-15-13-36-32(42)19-5-8-22(25(16-19)33(43)44)30-23-9-6-20(38)17-27(23)46-28-18-21(39)7-10-24(28)30;1-12(15)4-8-17-7-2-3-13(16)5-9-18-10-6-14-11-19/h5-10,16-18,26,35,38H,2-4,11-15H2,1H3,(H2,34,41)(H,36,42)(H,37,40)(H,43,44);2-10H2,1H3. The van der Waals surface area contributed by atoms with Gasteiger partial charge in [0.2, 0.25) is 11.8 Å². The second-order valence-corrected chi connectivity index (χ2v) is 14.8. The smallest absolute Gasteiger partial charge is 0.336 e. The molecule has 4 rings (SSSR count). The van der Waals surface area contributed by atoms with Crippen LogP contribution in [0.2, 0.25) is 0 Å². The number of phenolic OH excluding ortho intramolecular Hbond substituents is 1. The number of hydrogen-bond donors (Lipinski definition) is 6. The number of Topliss-reactive ketones (excluding diaryl/α,β-unsaturated/α-hetero) is 2. The Morgan fingerprint density at radius 2 is 1.55 bits per heavy atom. The third kappa shape index (κ3) is 19.2. The predicted octanol–water partition coefficient (Wildman–Crippen LogP) is 4.31. The third-order valence-corrected chi connectivity index (χ3v) is 9.72. The largest absolute Gasteiger partial charge is 0.508 e. The van der Waals surface area contributed by atoms with Crippen LogP contribution in [-0.2, 0) is 33.4 Å². The molecule has 2 aromatic carbocycles. The van der Waals surface area contributed by atoms with Gasteiger partial charge in [0, 0.05) is 73.0 Å². The molecule has 1 unspecified atom stereocenters. The number of aromatic carboxylic acids is 1. The molecule has 350 valence electrons. The highest BCUT2D eigenvalue weighted by atomic mass is 32.1. The van der Waals surface area contributed by atoms with Crippen molar-refractivity contribution in [2.24, 2.45) is 10.7 Å². The number of nitrogens with zero attached hydrogens (tertiary/aromatic N) is 1. The maximum absolute atomic E-state index is 12.9. The number of nitrogens with two attached hydrogens (primary N) is 1. The fourth-order valence-electron chi connectivity index (χ4n) is 6.30. The summed E-state index contributed by atoms with van der Waals surface area (Å²) in [6.07, 6.45) is 4.05. The van der Waals surface area contributed by atoms with Crippen molar-refractivity contribution in [1.29, 1.82) is 0 Å². The van der Waals surface area contributed by atoms with Gasteiger partial charge in [-0.25, -0.2) is 9.79 Å². The maximum Gasteiger partial charge on any atom is 0.336 e. The summed E-state index contributed by atoms with van der Waals surface area (Å²) in [6, 6.07) is 12.1. The highest BCUT2D eigenvalue weighted by molar-refractivity contribution is 7.78. The van der Waals surface area contributed by atoms with Gasteiger partial charge in [0.1, 0.15) is 34.7 Å². The summed E-state index contributed by atoms with van der Waals surface area (Å²) in [5.41, 5.74) is 6.52. The van der Waals surface area contributed by atoms with Crippen molar-refractivity contribution in [3.05, 3.63) is 75.9 Å². The molecule has 65 heavy (non-hydrogen) atoms. The number of aromatic hydroxyl groups is 1. The van der Waals surface area contributed by atoms with Crippen molar-refractivity contribution in [2.45, 2.75) is 64.3 Å². The number of unbranched alkanes of at least 4 members (excludes halogenated alkanes) is 1. The molecule has 0 bridgehead atoms. The minimum Gasteiger partial charge on any atom is -0.508 e.